The first-order valence-corrected chi connectivity index (χ1v) is 9.60. The van der Waals surface area contributed by atoms with E-state index < -0.39 is 0 Å². The van der Waals surface area contributed by atoms with E-state index in [1.807, 2.05) is 23.6 Å². The van der Waals surface area contributed by atoms with E-state index in [9.17, 15) is 9.59 Å². The van der Waals surface area contributed by atoms with Crippen LogP contribution in [0.2, 0.25) is 0 Å². The monoisotopic (exact) mass is 379 g/mol. The van der Waals surface area contributed by atoms with Crippen LogP contribution < -0.4 is 5.32 Å². The van der Waals surface area contributed by atoms with E-state index in [1.54, 1.807) is 31.3 Å². The second-order valence-electron chi connectivity index (χ2n) is 6.16. The van der Waals surface area contributed by atoms with Gasteiger partial charge in [0.25, 0.3) is 5.91 Å². The molecule has 0 saturated carbocycles. The number of hydrogen-bond acceptors (Lipinski definition) is 4. The summed E-state index contributed by atoms with van der Waals surface area (Å²) in [6.45, 7) is 2.08. The number of aromatic nitrogens is 1. The standard InChI is InChI=1S/C21H21N3O2S/c1-3-15-9-11-16(12-10-15)18-14-27-21(22-18)23-19(25)13-24(2)20(26)17-7-5-4-6-8-17/h4-12,14H,3,13H2,1-2H3,(H,22,23,25). The second-order valence-corrected chi connectivity index (χ2v) is 7.02. The van der Waals surface area contributed by atoms with Gasteiger partial charge in [0.05, 0.1) is 12.2 Å². The zero-order valence-electron chi connectivity index (χ0n) is 15.3. The molecule has 0 spiro atoms. The number of rotatable bonds is 6. The maximum Gasteiger partial charge on any atom is 0.254 e. The maximum atomic E-state index is 12.3. The van der Waals surface area contributed by atoms with Gasteiger partial charge >= 0.3 is 0 Å². The van der Waals surface area contributed by atoms with Gasteiger partial charge < -0.3 is 10.2 Å². The summed E-state index contributed by atoms with van der Waals surface area (Å²) in [6, 6.07) is 17.1. The van der Waals surface area contributed by atoms with Gasteiger partial charge in [-0.2, -0.15) is 0 Å². The summed E-state index contributed by atoms with van der Waals surface area (Å²) < 4.78 is 0. The van der Waals surface area contributed by atoms with Crippen molar-refractivity contribution in [1.29, 1.82) is 0 Å². The minimum atomic E-state index is -0.274. The summed E-state index contributed by atoms with van der Waals surface area (Å²) >= 11 is 1.37. The minimum absolute atomic E-state index is 0.0339. The highest BCUT2D eigenvalue weighted by Crippen LogP contribution is 2.25. The summed E-state index contributed by atoms with van der Waals surface area (Å²) in [4.78, 5) is 30.4. The molecule has 3 rings (SSSR count). The number of thiazole rings is 1. The highest BCUT2D eigenvalue weighted by atomic mass is 32.1. The van der Waals surface area contributed by atoms with Gasteiger partial charge in [0.15, 0.2) is 5.13 Å². The summed E-state index contributed by atoms with van der Waals surface area (Å²) in [6.07, 6.45) is 0.994. The third kappa shape index (κ3) is 4.80. The lowest BCUT2D eigenvalue weighted by Gasteiger charge is -2.16. The van der Waals surface area contributed by atoms with Gasteiger partial charge in [0.2, 0.25) is 5.91 Å². The first kappa shape index (κ1) is 18.8. The van der Waals surface area contributed by atoms with Crippen molar-refractivity contribution in [3.63, 3.8) is 0 Å². The highest BCUT2D eigenvalue weighted by Gasteiger charge is 2.15. The van der Waals surface area contributed by atoms with Crippen LogP contribution in [-0.4, -0.2) is 35.3 Å². The molecule has 0 aliphatic carbocycles. The second kappa shape index (κ2) is 8.60. The van der Waals surface area contributed by atoms with Gasteiger partial charge in [0.1, 0.15) is 0 Å². The van der Waals surface area contributed by atoms with Gasteiger partial charge in [-0.3, -0.25) is 9.59 Å². The number of likely N-dealkylation sites (N-methyl/N-ethyl adjacent to an activating group) is 1. The molecule has 138 valence electrons. The Morgan fingerprint density at radius 1 is 1.07 bits per heavy atom. The Kier molecular flexibility index (Phi) is 5.98. The normalized spacial score (nSPS) is 10.4. The Hall–Kier alpha value is -2.99. The summed E-state index contributed by atoms with van der Waals surface area (Å²) in [7, 11) is 1.61. The fraction of sp³-hybridized carbons (Fsp3) is 0.190. The molecule has 5 nitrogen and oxygen atoms in total. The molecular formula is C21H21N3O2S. The van der Waals surface area contributed by atoms with Crippen LogP contribution in [0.1, 0.15) is 22.8 Å². The third-order valence-electron chi connectivity index (χ3n) is 4.16. The molecule has 6 heteroatoms. The topological polar surface area (TPSA) is 62.3 Å². The molecule has 0 atom stereocenters. The van der Waals surface area contributed by atoms with E-state index in [-0.39, 0.29) is 18.4 Å². The number of hydrogen-bond donors (Lipinski definition) is 1. The third-order valence-corrected chi connectivity index (χ3v) is 4.91. The Morgan fingerprint density at radius 3 is 2.44 bits per heavy atom. The van der Waals surface area contributed by atoms with Gasteiger partial charge in [-0.15, -0.1) is 11.3 Å². The lowest BCUT2D eigenvalue weighted by Crippen LogP contribution is -2.34. The molecule has 0 aliphatic rings. The predicted molar refractivity (Wildman–Crippen MR) is 109 cm³/mol. The molecule has 1 heterocycles. The van der Waals surface area contributed by atoms with E-state index in [0.717, 1.165) is 17.7 Å². The molecule has 3 aromatic rings. The van der Waals surface area contributed by atoms with Crippen LogP contribution in [0.5, 0.6) is 0 Å². The van der Waals surface area contributed by atoms with Crippen molar-refractivity contribution in [1.82, 2.24) is 9.88 Å². The maximum absolute atomic E-state index is 12.3. The number of carbonyl (C=O) groups excluding carboxylic acids is 2. The van der Waals surface area contributed by atoms with Crippen molar-refractivity contribution in [3.05, 3.63) is 71.1 Å². The van der Waals surface area contributed by atoms with Gasteiger partial charge in [-0.25, -0.2) is 4.98 Å². The largest absolute Gasteiger partial charge is 0.332 e. The summed E-state index contributed by atoms with van der Waals surface area (Å²) in [5.74, 6) is -0.467. The molecule has 0 fully saturated rings. The number of amides is 2. The summed E-state index contributed by atoms with van der Waals surface area (Å²) in [5, 5.41) is 5.20. The smallest absolute Gasteiger partial charge is 0.254 e. The number of anilines is 1. The zero-order valence-corrected chi connectivity index (χ0v) is 16.1. The van der Waals surface area contributed by atoms with E-state index in [4.69, 9.17) is 0 Å². The number of benzene rings is 2. The summed E-state index contributed by atoms with van der Waals surface area (Å²) in [5.41, 5.74) is 3.67. The predicted octanol–water partition coefficient (Wildman–Crippen LogP) is 4.08. The van der Waals surface area contributed by atoms with E-state index in [0.29, 0.717) is 10.7 Å². The average molecular weight is 379 g/mol. The SMILES string of the molecule is CCc1ccc(-c2csc(NC(=O)CN(C)C(=O)c3ccccc3)n2)cc1. The van der Waals surface area contributed by atoms with Crippen LogP contribution >= 0.6 is 11.3 Å². The molecule has 0 bridgehead atoms. The molecule has 0 saturated heterocycles. The van der Waals surface area contributed by atoms with Crippen LogP contribution in [0, 0.1) is 0 Å². The van der Waals surface area contributed by atoms with Crippen molar-refractivity contribution in [2.24, 2.45) is 0 Å². The number of nitrogens with one attached hydrogen (secondary N) is 1. The van der Waals surface area contributed by atoms with E-state index in [1.165, 1.54) is 21.8 Å². The number of aryl methyl sites for hydroxylation is 1. The Balaban J connectivity index is 1.59. The Morgan fingerprint density at radius 2 is 1.78 bits per heavy atom. The zero-order chi connectivity index (χ0) is 19.2. The van der Waals surface area contributed by atoms with Crippen molar-refractivity contribution in [2.75, 3.05) is 18.9 Å². The first-order chi connectivity index (χ1) is 13.1. The van der Waals surface area contributed by atoms with E-state index >= 15 is 0 Å². The molecule has 1 N–H and O–H groups in total. The molecule has 0 radical (unpaired) electrons. The molecular weight excluding hydrogens is 358 g/mol. The van der Waals surface area contributed by atoms with E-state index in [2.05, 4.69) is 29.4 Å². The van der Waals surface area contributed by atoms with Crippen LogP contribution in [0.15, 0.2) is 60.0 Å². The number of nitrogens with zero attached hydrogens (tertiary/aromatic N) is 2. The lowest BCUT2D eigenvalue weighted by atomic mass is 10.1. The fourth-order valence-corrected chi connectivity index (χ4v) is 3.36. The average Bonchev–Trinajstić information content (AvgIpc) is 3.16. The van der Waals surface area contributed by atoms with Crippen molar-refractivity contribution in [2.45, 2.75) is 13.3 Å². The van der Waals surface area contributed by atoms with Gasteiger partial charge in [-0.05, 0) is 24.1 Å². The number of carbonyl (C=O) groups is 2. The molecule has 0 aliphatic heterocycles. The van der Waals surface area contributed by atoms with Crippen LogP contribution in [0.4, 0.5) is 5.13 Å². The van der Waals surface area contributed by atoms with Crippen molar-refractivity contribution in [3.8, 4) is 11.3 Å². The quantitative estimate of drug-likeness (QED) is 0.702. The molecule has 2 amide bonds. The molecule has 2 aromatic carbocycles. The highest BCUT2D eigenvalue weighted by molar-refractivity contribution is 7.14. The first-order valence-electron chi connectivity index (χ1n) is 8.72. The molecule has 0 unspecified atom stereocenters. The van der Waals surface area contributed by atoms with Crippen LogP contribution in [0.25, 0.3) is 11.3 Å². The van der Waals surface area contributed by atoms with Gasteiger partial charge in [0, 0.05) is 23.6 Å². The van der Waals surface area contributed by atoms with Crippen molar-refractivity contribution < 1.29 is 9.59 Å². The van der Waals surface area contributed by atoms with Crippen LogP contribution in [-0.2, 0) is 11.2 Å². The van der Waals surface area contributed by atoms with Crippen molar-refractivity contribution >= 4 is 28.3 Å². The molecule has 27 heavy (non-hydrogen) atoms. The molecule has 1 aromatic heterocycles. The van der Waals surface area contributed by atoms with Crippen LogP contribution in [0.3, 0.4) is 0 Å². The lowest BCUT2D eigenvalue weighted by molar-refractivity contribution is -0.116. The van der Waals surface area contributed by atoms with Gasteiger partial charge in [-0.1, -0.05) is 49.4 Å². The Labute approximate surface area is 162 Å². The minimum Gasteiger partial charge on any atom is -0.332 e. The fourth-order valence-electron chi connectivity index (χ4n) is 2.62. The Bertz CT molecular complexity index is 920.